The molecule has 5 heteroatoms. The van der Waals surface area contributed by atoms with Crippen molar-refractivity contribution in [1.29, 1.82) is 0 Å². The number of hydrogen-bond acceptors (Lipinski definition) is 4. The number of hydrogen-bond donors (Lipinski definition) is 1. The quantitative estimate of drug-likeness (QED) is 0.904. The van der Waals surface area contributed by atoms with Gasteiger partial charge in [-0.25, -0.2) is 8.42 Å². The van der Waals surface area contributed by atoms with Crippen LogP contribution < -0.4 is 5.32 Å². The molecule has 3 nitrogen and oxygen atoms in total. The molecule has 0 saturated carbocycles. The van der Waals surface area contributed by atoms with Crippen LogP contribution in [0.2, 0.25) is 0 Å². The van der Waals surface area contributed by atoms with Crippen LogP contribution in [0, 0.1) is 11.8 Å². The summed E-state index contributed by atoms with van der Waals surface area (Å²) in [5, 5.41) is 3.27. The van der Waals surface area contributed by atoms with Gasteiger partial charge in [0.25, 0.3) is 0 Å². The molecule has 3 unspecified atom stereocenters. The van der Waals surface area contributed by atoms with E-state index < -0.39 is 9.84 Å². The summed E-state index contributed by atoms with van der Waals surface area (Å²) in [6, 6.07) is 8.66. The summed E-state index contributed by atoms with van der Waals surface area (Å²) in [4.78, 5) is 1.41. The Morgan fingerprint density at radius 1 is 1.38 bits per heavy atom. The number of benzene rings is 1. The Bertz CT molecular complexity index is 600. The molecule has 116 valence electrons. The van der Waals surface area contributed by atoms with Crippen molar-refractivity contribution in [3.63, 3.8) is 0 Å². The van der Waals surface area contributed by atoms with E-state index in [1.165, 1.54) is 10.5 Å². The standard InChI is InChI=1S/C16H23NO2S2/c1-17-9-13(12-6-7-21(18,19)11-12)8-14-10-20-16-5-3-2-4-15(14)16/h2-5,12-14,17H,6-11H2,1H3. The minimum absolute atomic E-state index is 0.334. The fourth-order valence-corrected chi connectivity index (χ4v) is 6.88. The van der Waals surface area contributed by atoms with E-state index in [-0.39, 0.29) is 0 Å². The lowest BCUT2D eigenvalue weighted by molar-refractivity contribution is 0.317. The Morgan fingerprint density at radius 3 is 2.90 bits per heavy atom. The highest BCUT2D eigenvalue weighted by Crippen LogP contribution is 2.44. The predicted molar refractivity (Wildman–Crippen MR) is 88.7 cm³/mol. The van der Waals surface area contributed by atoms with Gasteiger partial charge in [0.1, 0.15) is 0 Å². The normalized spacial score (nSPS) is 28.4. The zero-order valence-corrected chi connectivity index (χ0v) is 14.1. The van der Waals surface area contributed by atoms with Crippen LogP contribution in [0.15, 0.2) is 29.2 Å². The minimum atomic E-state index is -2.79. The molecule has 0 bridgehead atoms. The third-order valence-electron chi connectivity index (χ3n) is 4.79. The average Bonchev–Trinajstić information content (AvgIpc) is 3.02. The smallest absolute Gasteiger partial charge is 0.150 e. The molecular formula is C16H23NO2S2. The third kappa shape index (κ3) is 3.46. The lowest BCUT2D eigenvalue weighted by Gasteiger charge is -2.25. The largest absolute Gasteiger partial charge is 0.319 e. The number of nitrogens with one attached hydrogen (secondary N) is 1. The van der Waals surface area contributed by atoms with Gasteiger partial charge in [-0.3, -0.25) is 0 Å². The van der Waals surface area contributed by atoms with Crippen LogP contribution in [0.4, 0.5) is 0 Å². The Labute approximate surface area is 131 Å². The fourth-order valence-electron chi connectivity index (χ4n) is 3.69. The second-order valence-electron chi connectivity index (χ2n) is 6.26. The molecule has 0 aliphatic carbocycles. The highest BCUT2D eigenvalue weighted by atomic mass is 32.2. The van der Waals surface area contributed by atoms with Gasteiger partial charge in [-0.05, 0) is 55.8 Å². The maximum atomic E-state index is 11.8. The predicted octanol–water partition coefficient (Wildman–Crippen LogP) is 2.54. The van der Waals surface area contributed by atoms with Gasteiger partial charge in [0.05, 0.1) is 11.5 Å². The highest BCUT2D eigenvalue weighted by molar-refractivity contribution is 7.99. The number of fused-ring (bicyclic) bond motifs is 1. The van der Waals surface area contributed by atoms with Crippen molar-refractivity contribution in [2.45, 2.75) is 23.7 Å². The molecule has 0 aromatic heterocycles. The molecule has 1 N–H and O–H groups in total. The van der Waals surface area contributed by atoms with Crippen LogP contribution >= 0.6 is 11.8 Å². The number of sulfone groups is 1. The van der Waals surface area contributed by atoms with Crippen LogP contribution in [0.25, 0.3) is 0 Å². The summed E-state index contributed by atoms with van der Waals surface area (Å²) in [6.07, 6.45) is 1.95. The first-order valence-corrected chi connectivity index (χ1v) is 10.5. The Kier molecular flexibility index (Phi) is 4.62. The molecule has 3 rings (SSSR count). The first-order chi connectivity index (χ1) is 10.1. The van der Waals surface area contributed by atoms with Crippen molar-refractivity contribution in [3.8, 4) is 0 Å². The van der Waals surface area contributed by atoms with Gasteiger partial charge in [0.2, 0.25) is 0 Å². The van der Waals surface area contributed by atoms with Crippen LogP contribution in [-0.4, -0.2) is 39.3 Å². The third-order valence-corrected chi connectivity index (χ3v) is 7.83. The molecule has 0 radical (unpaired) electrons. The molecular weight excluding hydrogens is 302 g/mol. The van der Waals surface area contributed by atoms with Crippen LogP contribution in [0.3, 0.4) is 0 Å². The Morgan fingerprint density at radius 2 is 2.19 bits per heavy atom. The summed E-state index contributed by atoms with van der Waals surface area (Å²) in [5.74, 6) is 3.28. The number of thioether (sulfide) groups is 1. The monoisotopic (exact) mass is 325 g/mol. The molecule has 21 heavy (non-hydrogen) atoms. The maximum Gasteiger partial charge on any atom is 0.150 e. The van der Waals surface area contributed by atoms with E-state index in [0.29, 0.717) is 29.3 Å². The second-order valence-corrected chi connectivity index (χ2v) is 9.55. The second kappa shape index (κ2) is 6.31. The Hall–Kier alpha value is -0.520. The SMILES string of the molecule is CNCC(CC1CSc2ccccc21)C1CCS(=O)(=O)C1. The van der Waals surface area contributed by atoms with E-state index in [2.05, 4.69) is 29.6 Å². The summed E-state index contributed by atoms with van der Waals surface area (Å²) < 4.78 is 23.5. The summed E-state index contributed by atoms with van der Waals surface area (Å²) in [5.41, 5.74) is 1.46. The molecule has 3 atom stereocenters. The molecule has 2 heterocycles. The molecule has 1 saturated heterocycles. The summed E-state index contributed by atoms with van der Waals surface area (Å²) in [7, 11) is -0.820. The van der Waals surface area contributed by atoms with E-state index in [4.69, 9.17) is 0 Å². The summed E-state index contributed by atoms with van der Waals surface area (Å²) in [6.45, 7) is 0.920. The van der Waals surface area contributed by atoms with Crippen LogP contribution in [0.5, 0.6) is 0 Å². The lowest BCUT2D eigenvalue weighted by atomic mass is 9.82. The zero-order valence-electron chi connectivity index (χ0n) is 12.4. The molecule has 1 aromatic carbocycles. The van der Waals surface area contributed by atoms with Crippen LogP contribution in [0.1, 0.15) is 24.3 Å². The topological polar surface area (TPSA) is 46.2 Å². The molecule has 2 aliphatic heterocycles. The van der Waals surface area contributed by atoms with Gasteiger partial charge in [0.15, 0.2) is 9.84 Å². The van der Waals surface area contributed by atoms with Crippen molar-refractivity contribution < 1.29 is 8.42 Å². The fraction of sp³-hybridized carbons (Fsp3) is 0.625. The number of rotatable bonds is 5. The van der Waals surface area contributed by atoms with Gasteiger partial charge >= 0.3 is 0 Å². The maximum absolute atomic E-state index is 11.8. The molecule has 0 spiro atoms. The summed E-state index contributed by atoms with van der Waals surface area (Å²) >= 11 is 1.94. The van der Waals surface area contributed by atoms with Crippen LogP contribution in [-0.2, 0) is 9.84 Å². The first-order valence-electron chi connectivity index (χ1n) is 7.66. The zero-order chi connectivity index (χ0) is 14.9. The van der Waals surface area contributed by atoms with Crippen molar-refractivity contribution >= 4 is 21.6 Å². The van der Waals surface area contributed by atoms with Gasteiger partial charge < -0.3 is 5.32 Å². The van der Waals surface area contributed by atoms with E-state index >= 15 is 0 Å². The highest BCUT2D eigenvalue weighted by Gasteiger charge is 2.35. The van der Waals surface area contributed by atoms with E-state index in [9.17, 15) is 8.42 Å². The average molecular weight is 325 g/mol. The van der Waals surface area contributed by atoms with Gasteiger partial charge in [-0.15, -0.1) is 11.8 Å². The molecule has 0 amide bonds. The molecule has 1 fully saturated rings. The van der Waals surface area contributed by atoms with Gasteiger partial charge in [-0.1, -0.05) is 18.2 Å². The first kappa shape index (κ1) is 15.4. The van der Waals surface area contributed by atoms with Crippen molar-refractivity contribution in [3.05, 3.63) is 29.8 Å². The van der Waals surface area contributed by atoms with Gasteiger partial charge in [0, 0.05) is 10.6 Å². The Balaban J connectivity index is 1.72. The van der Waals surface area contributed by atoms with Crippen molar-refractivity contribution in [1.82, 2.24) is 5.32 Å². The van der Waals surface area contributed by atoms with Crippen molar-refractivity contribution in [2.24, 2.45) is 11.8 Å². The minimum Gasteiger partial charge on any atom is -0.319 e. The molecule has 2 aliphatic rings. The van der Waals surface area contributed by atoms with E-state index in [1.807, 2.05) is 18.8 Å². The van der Waals surface area contributed by atoms with Crippen molar-refractivity contribution in [2.75, 3.05) is 30.9 Å². The van der Waals surface area contributed by atoms with E-state index in [1.54, 1.807) is 0 Å². The van der Waals surface area contributed by atoms with E-state index in [0.717, 1.165) is 25.1 Å². The lowest BCUT2D eigenvalue weighted by Crippen LogP contribution is -2.28. The van der Waals surface area contributed by atoms with Gasteiger partial charge in [-0.2, -0.15) is 0 Å². The molecule has 1 aromatic rings.